The van der Waals surface area contributed by atoms with Crippen LogP contribution in [0.4, 0.5) is 23.7 Å². The van der Waals surface area contributed by atoms with E-state index >= 15 is 0 Å². The number of piperazine rings is 1. The summed E-state index contributed by atoms with van der Waals surface area (Å²) in [6.07, 6.45) is -4.36. The number of nitrogens with zero attached hydrogens (tertiary/aromatic N) is 3. The molecule has 3 heterocycles. The van der Waals surface area contributed by atoms with Crippen LogP contribution in [0.25, 0.3) is 21.0 Å². The normalized spacial score (nSPS) is 14.5. The molecule has 1 fully saturated rings. The average Bonchev–Trinajstić information content (AvgIpc) is 3.45. The number of hydrogen-bond donors (Lipinski definition) is 0. The third-order valence-electron chi connectivity index (χ3n) is 6.95. The van der Waals surface area contributed by atoms with Crippen LogP contribution in [0.5, 0.6) is 5.75 Å². The average molecular weight is 590 g/mol. The number of fused-ring (bicyclic) bond motifs is 2. The number of hydrogen-bond acceptors (Lipinski definition) is 8. The Hall–Kier alpha value is -3.77. The van der Waals surface area contributed by atoms with Gasteiger partial charge in [0.2, 0.25) is 0 Å². The van der Waals surface area contributed by atoms with Crippen LogP contribution in [-0.2, 0) is 16.2 Å². The molecule has 0 spiro atoms. The Morgan fingerprint density at radius 1 is 0.951 bits per heavy atom. The summed E-state index contributed by atoms with van der Waals surface area (Å²) in [6, 6.07) is 16.8. The van der Waals surface area contributed by atoms with Crippen LogP contribution in [0, 0.1) is 0 Å². The van der Waals surface area contributed by atoms with Crippen LogP contribution >= 0.6 is 11.3 Å². The molecule has 41 heavy (non-hydrogen) atoms. The minimum Gasteiger partial charge on any atom is -0.494 e. The van der Waals surface area contributed by atoms with Crippen molar-refractivity contribution < 1.29 is 32.2 Å². The van der Waals surface area contributed by atoms with Crippen molar-refractivity contribution in [1.29, 1.82) is 0 Å². The van der Waals surface area contributed by atoms with Gasteiger partial charge >= 0.3 is 12.3 Å². The van der Waals surface area contributed by atoms with Crippen molar-refractivity contribution in [2.75, 3.05) is 50.8 Å². The van der Waals surface area contributed by atoms with Gasteiger partial charge < -0.3 is 19.1 Å². The highest BCUT2D eigenvalue weighted by molar-refractivity contribution is 7.17. The highest BCUT2D eigenvalue weighted by Gasteiger charge is 2.30. The summed E-state index contributed by atoms with van der Waals surface area (Å²) in [5.41, 5.74) is 1.26. The molecule has 0 aliphatic carbocycles. The van der Waals surface area contributed by atoms with E-state index < -0.39 is 31.2 Å². The van der Waals surface area contributed by atoms with Crippen molar-refractivity contribution in [2.45, 2.75) is 25.7 Å². The second kappa shape index (κ2) is 12.8. The molecule has 0 amide bonds. The maximum atomic E-state index is 12.4. The number of halogens is 3. The monoisotopic (exact) mass is 589 g/mol. The maximum absolute atomic E-state index is 12.4. The van der Waals surface area contributed by atoms with E-state index in [2.05, 4.69) is 44.2 Å². The summed E-state index contributed by atoms with van der Waals surface area (Å²) in [4.78, 5) is 28.8. The molecule has 0 radical (unpaired) electrons. The maximum Gasteiger partial charge on any atom is 0.510 e. The lowest BCUT2D eigenvalue weighted by Crippen LogP contribution is -2.46. The van der Waals surface area contributed by atoms with E-state index in [-0.39, 0.29) is 0 Å². The molecule has 0 N–H and O–H groups in total. The van der Waals surface area contributed by atoms with Crippen molar-refractivity contribution in [3.8, 4) is 5.75 Å². The summed E-state index contributed by atoms with van der Waals surface area (Å²) in [6.45, 7) is 3.12. The first-order valence-corrected chi connectivity index (χ1v) is 14.2. The number of thiophene rings is 1. The molecule has 12 heteroatoms. The molecule has 2 aromatic heterocycles. The highest BCUT2D eigenvalue weighted by atomic mass is 32.1. The van der Waals surface area contributed by atoms with Gasteiger partial charge in [-0.2, -0.15) is 13.2 Å². The third-order valence-corrected chi connectivity index (χ3v) is 7.83. The Balaban J connectivity index is 1.07. The number of alkyl halides is 3. The zero-order chi connectivity index (χ0) is 28.8. The van der Waals surface area contributed by atoms with Crippen LogP contribution in [0.2, 0.25) is 0 Å². The standard InChI is InChI=1S/C29H30F3N3O5S/c30-29(31,32)19-39-28(37)40-20-35-25-18-22(8-6-21(25)7-9-27(35)36)38-16-2-1-11-33-12-14-34(15-13-33)24-4-3-5-26-23(24)10-17-41-26/h3-10,17-18H,1-2,11-16,19-20H2. The van der Waals surface area contributed by atoms with Crippen molar-refractivity contribution in [3.63, 3.8) is 0 Å². The molecule has 1 aliphatic heterocycles. The molecule has 8 nitrogen and oxygen atoms in total. The molecule has 1 saturated heterocycles. The van der Waals surface area contributed by atoms with Gasteiger partial charge in [0.15, 0.2) is 13.3 Å². The van der Waals surface area contributed by atoms with E-state index in [0.717, 1.165) is 50.1 Å². The molecular formula is C29H30F3N3O5S. The molecule has 0 atom stereocenters. The van der Waals surface area contributed by atoms with Gasteiger partial charge in [0.1, 0.15) is 5.75 Å². The van der Waals surface area contributed by atoms with Gasteiger partial charge in [0, 0.05) is 54.1 Å². The first-order chi connectivity index (χ1) is 19.8. The third kappa shape index (κ3) is 7.50. The van der Waals surface area contributed by atoms with Crippen molar-refractivity contribution in [3.05, 3.63) is 70.3 Å². The number of carbonyl (C=O) groups excluding carboxylic acids is 1. The van der Waals surface area contributed by atoms with E-state index in [0.29, 0.717) is 23.3 Å². The van der Waals surface area contributed by atoms with E-state index in [4.69, 9.17) is 9.47 Å². The van der Waals surface area contributed by atoms with Gasteiger partial charge in [-0.3, -0.25) is 14.3 Å². The molecular weight excluding hydrogens is 559 g/mol. The van der Waals surface area contributed by atoms with Gasteiger partial charge in [-0.25, -0.2) is 4.79 Å². The molecule has 0 unspecified atom stereocenters. The smallest absolute Gasteiger partial charge is 0.494 e. The lowest BCUT2D eigenvalue weighted by atomic mass is 10.2. The van der Waals surface area contributed by atoms with Crippen molar-refractivity contribution >= 4 is 44.2 Å². The van der Waals surface area contributed by atoms with Crippen LogP contribution < -0.4 is 15.2 Å². The predicted molar refractivity (Wildman–Crippen MR) is 152 cm³/mol. The molecule has 4 aromatic rings. The van der Waals surface area contributed by atoms with Gasteiger partial charge in [0.25, 0.3) is 5.56 Å². The topological polar surface area (TPSA) is 73.2 Å². The molecule has 218 valence electrons. The van der Waals surface area contributed by atoms with E-state index in [9.17, 15) is 22.8 Å². The number of carbonyl (C=O) groups is 1. The fourth-order valence-corrected chi connectivity index (χ4v) is 5.69. The molecule has 2 aromatic carbocycles. The lowest BCUT2D eigenvalue weighted by Gasteiger charge is -2.36. The highest BCUT2D eigenvalue weighted by Crippen LogP contribution is 2.31. The molecule has 0 saturated carbocycles. The second-order valence-electron chi connectivity index (χ2n) is 9.74. The van der Waals surface area contributed by atoms with E-state index in [1.165, 1.54) is 21.8 Å². The minimum absolute atomic E-state index is 0.426. The Morgan fingerprint density at radius 3 is 2.56 bits per heavy atom. The largest absolute Gasteiger partial charge is 0.510 e. The fraction of sp³-hybridized carbons (Fsp3) is 0.379. The number of pyridine rings is 1. The van der Waals surface area contributed by atoms with Crippen LogP contribution in [-0.4, -0.2) is 67.7 Å². The van der Waals surface area contributed by atoms with Crippen molar-refractivity contribution in [2.24, 2.45) is 0 Å². The van der Waals surface area contributed by atoms with Gasteiger partial charge in [-0.1, -0.05) is 6.07 Å². The number of rotatable bonds is 10. The fourth-order valence-electron chi connectivity index (χ4n) is 4.88. The van der Waals surface area contributed by atoms with Crippen molar-refractivity contribution in [1.82, 2.24) is 9.47 Å². The zero-order valence-corrected chi connectivity index (χ0v) is 23.1. The Kier molecular flexibility index (Phi) is 8.99. The van der Waals surface area contributed by atoms with Crippen LogP contribution in [0.1, 0.15) is 12.8 Å². The quantitative estimate of drug-likeness (QED) is 0.169. The Bertz CT molecular complexity index is 1550. The minimum atomic E-state index is -4.67. The zero-order valence-electron chi connectivity index (χ0n) is 22.3. The van der Waals surface area contributed by atoms with Gasteiger partial charge in [-0.05, 0) is 66.6 Å². The van der Waals surface area contributed by atoms with Crippen LogP contribution in [0.3, 0.4) is 0 Å². The Labute approximate surface area is 238 Å². The van der Waals surface area contributed by atoms with E-state index in [1.54, 1.807) is 35.6 Å². The number of unbranched alkanes of at least 4 members (excludes halogenated alkanes) is 1. The molecule has 5 rings (SSSR count). The predicted octanol–water partition coefficient (Wildman–Crippen LogP) is 5.87. The summed E-state index contributed by atoms with van der Waals surface area (Å²) in [7, 11) is 0. The summed E-state index contributed by atoms with van der Waals surface area (Å²) >= 11 is 1.77. The lowest BCUT2D eigenvalue weighted by molar-refractivity contribution is -0.166. The number of anilines is 1. The molecule has 1 aliphatic rings. The first kappa shape index (κ1) is 28.7. The number of ether oxygens (including phenoxy) is 3. The Morgan fingerprint density at radius 2 is 1.76 bits per heavy atom. The van der Waals surface area contributed by atoms with Gasteiger partial charge in [-0.15, -0.1) is 11.3 Å². The van der Waals surface area contributed by atoms with Crippen LogP contribution in [0.15, 0.2) is 64.8 Å². The SMILES string of the molecule is O=C(OCn1c(=O)ccc2ccc(OCCCCN3CCN(c4cccc5sccc45)CC3)cc21)OCC(F)(F)F. The first-order valence-electron chi connectivity index (χ1n) is 13.3. The number of benzene rings is 2. The van der Waals surface area contributed by atoms with E-state index in [1.807, 2.05) is 0 Å². The number of aromatic nitrogens is 1. The molecule has 0 bridgehead atoms. The summed E-state index contributed by atoms with van der Waals surface area (Å²) < 4.78 is 53.8. The summed E-state index contributed by atoms with van der Waals surface area (Å²) in [5.74, 6) is 0.535. The summed E-state index contributed by atoms with van der Waals surface area (Å²) in [5, 5.41) is 4.14. The second-order valence-corrected chi connectivity index (χ2v) is 10.7. The van der Waals surface area contributed by atoms with Gasteiger partial charge in [0.05, 0.1) is 12.1 Å².